The van der Waals surface area contributed by atoms with Crippen molar-refractivity contribution in [1.29, 1.82) is 0 Å². The molecule has 2 saturated carbocycles. The number of phenols is 1. The summed E-state index contributed by atoms with van der Waals surface area (Å²) in [5.41, 5.74) is 3.96. The number of ketones is 4. The molecule has 0 heterocycles. The average Bonchev–Trinajstić information content (AvgIpc) is 2.80. The van der Waals surface area contributed by atoms with Crippen molar-refractivity contribution in [2.75, 3.05) is 34.4 Å². The number of fused-ring (bicyclic) bond motifs is 3. The molecule has 6 atom stereocenters. The number of Topliss-reactive ketones (excluding diaryl/α,β-unsaturated/α-hetero) is 4. The lowest BCUT2D eigenvalue weighted by molar-refractivity contribution is -0.181. The molecule has 36 heavy (non-hydrogen) atoms. The molecule has 11 heteroatoms. The number of carbonyl (C=O) groups excluding carboxylic acids is 5. The fraction of sp³-hybridized carbons (Fsp3) is 0.560. The summed E-state index contributed by atoms with van der Waals surface area (Å²) in [7, 11) is 4.69. The van der Waals surface area contributed by atoms with E-state index in [4.69, 9.17) is 10.5 Å². The summed E-state index contributed by atoms with van der Waals surface area (Å²) in [5.74, 6) is -10.4. The number of likely N-dealkylation sites (N-methyl/N-ethyl adjacent to an activating group) is 1. The Balaban J connectivity index is 1.78. The van der Waals surface area contributed by atoms with Gasteiger partial charge in [-0.05, 0) is 50.0 Å². The monoisotopic (exact) mass is 501 g/mol. The third kappa shape index (κ3) is 3.78. The Morgan fingerprint density at radius 3 is 2.53 bits per heavy atom. The predicted octanol–water partition coefficient (Wildman–Crippen LogP) is -1.40. The van der Waals surface area contributed by atoms with Crippen LogP contribution in [-0.4, -0.2) is 90.2 Å². The molecule has 3 aliphatic carbocycles. The highest BCUT2D eigenvalue weighted by atomic mass is 16.5. The lowest BCUT2D eigenvalue weighted by Crippen LogP contribution is -2.74. The van der Waals surface area contributed by atoms with E-state index in [1.165, 1.54) is 11.0 Å². The van der Waals surface area contributed by atoms with Crippen LogP contribution >= 0.6 is 0 Å². The van der Waals surface area contributed by atoms with Crippen molar-refractivity contribution in [3.05, 3.63) is 28.8 Å². The van der Waals surface area contributed by atoms with Gasteiger partial charge in [0.05, 0.1) is 24.1 Å². The number of nitrogens with one attached hydrogen (secondary N) is 1. The van der Waals surface area contributed by atoms with Crippen LogP contribution in [-0.2, 0) is 36.9 Å². The van der Waals surface area contributed by atoms with Gasteiger partial charge in [0.2, 0.25) is 5.91 Å². The van der Waals surface area contributed by atoms with Crippen LogP contribution in [0.5, 0.6) is 5.75 Å². The molecular formula is C25H31N3O8. The number of nitrogens with zero attached hydrogens (tertiary/aromatic N) is 1. The number of amides is 1. The minimum atomic E-state index is -2.72. The van der Waals surface area contributed by atoms with Gasteiger partial charge in [-0.15, -0.1) is 0 Å². The van der Waals surface area contributed by atoms with E-state index in [0.717, 1.165) is 5.56 Å². The largest absolute Gasteiger partial charge is 0.507 e. The maximum atomic E-state index is 13.7. The van der Waals surface area contributed by atoms with Crippen LogP contribution in [0.25, 0.3) is 0 Å². The molecular weight excluding hydrogens is 470 g/mol. The van der Waals surface area contributed by atoms with Crippen molar-refractivity contribution in [2.45, 2.75) is 31.0 Å². The zero-order valence-corrected chi connectivity index (χ0v) is 20.4. The van der Waals surface area contributed by atoms with Crippen molar-refractivity contribution in [1.82, 2.24) is 10.2 Å². The van der Waals surface area contributed by atoms with Gasteiger partial charge in [0.1, 0.15) is 5.75 Å². The summed E-state index contributed by atoms with van der Waals surface area (Å²) in [6, 6.07) is 1.96. The number of phenolic OH excluding ortho intramolecular Hbond substituents is 1. The Bertz CT molecular complexity index is 1150. The molecule has 0 saturated heterocycles. The molecule has 2 fully saturated rings. The Labute approximate surface area is 208 Å². The number of aromatic hydroxyl groups is 1. The minimum Gasteiger partial charge on any atom is -0.507 e. The summed E-state index contributed by atoms with van der Waals surface area (Å²) < 4.78 is 5.03. The highest BCUT2D eigenvalue weighted by molar-refractivity contribution is 6.32. The van der Waals surface area contributed by atoms with Crippen molar-refractivity contribution in [2.24, 2.45) is 29.4 Å². The van der Waals surface area contributed by atoms with E-state index in [1.807, 2.05) is 0 Å². The Kier molecular flexibility index (Phi) is 6.86. The van der Waals surface area contributed by atoms with E-state index in [2.05, 4.69) is 5.32 Å². The van der Waals surface area contributed by atoms with Crippen molar-refractivity contribution in [3.63, 3.8) is 0 Å². The van der Waals surface area contributed by atoms with Crippen LogP contribution in [0.4, 0.5) is 0 Å². The SMILES string of the molecule is COCCNCc1ccc(O)c2c1C[C@H]1C[C@H]3[C@H](N(C)C)C(=O)C(C(N)=O)C(=O)[C@@]3(O)C(=O)C1C2=O. The maximum absolute atomic E-state index is 13.7. The van der Waals surface area contributed by atoms with Gasteiger partial charge < -0.3 is 26.0 Å². The summed E-state index contributed by atoms with van der Waals surface area (Å²) in [6.45, 7) is 1.45. The number of carbonyl (C=O) groups is 5. The highest BCUT2D eigenvalue weighted by Crippen LogP contribution is 2.50. The zero-order valence-electron chi connectivity index (χ0n) is 20.4. The smallest absolute Gasteiger partial charge is 0.235 e. The second-order valence-electron chi connectivity index (χ2n) is 10.1. The minimum absolute atomic E-state index is 0.00682. The Hall–Kier alpha value is -2.99. The van der Waals surface area contributed by atoms with Crippen LogP contribution in [0.3, 0.4) is 0 Å². The molecule has 3 aliphatic rings. The van der Waals surface area contributed by atoms with Crippen LogP contribution in [0.2, 0.25) is 0 Å². The molecule has 0 spiro atoms. The van der Waals surface area contributed by atoms with Crippen LogP contribution < -0.4 is 11.1 Å². The summed E-state index contributed by atoms with van der Waals surface area (Å²) in [4.78, 5) is 67.2. The Morgan fingerprint density at radius 2 is 1.92 bits per heavy atom. The number of nitrogens with two attached hydrogens (primary N) is 1. The first-order valence-corrected chi connectivity index (χ1v) is 11.8. The van der Waals surface area contributed by atoms with Gasteiger partial charge in [-0.1, -0.05) is 6.07 Å². The maximum Gasteiger partial charge on any atom is 0.235 e. The average molecular weight is 502 g/mol. The number of aliphatic hydroxyl groups is 1. The molecule has 1 aromatic rings. The van der Waals surface area contributed by atoms with Gasteiger partial charge in [0, 0.05) is 26.1 Å². The van der Waals surface area contributed by atoms with Crippen LogP contribution in [0.15, 0.2) is 12.1 Å². The van der Waals surface area contributed by atoms with E-state index >= 15 is 0 Å². The molecule has 5 N–H and O–H groups in total. The van der Waals surface area contributed by atoms with E-state index < -0.39 is 64.4 Å². The predicted molar refractivity (Wildman–Crippen MR) is 125 cm³/mol. The summed E-state index contributed by atoms with van der Waals surface area (Å²) in [5, 5.41) is 25.3. The zero-order chi connectivity index (χ0) is 26.5. The highest BCUT2D eigenvalue weighted by Gasteiger charge is 2.69. The van der Waals surface area contributed by atoms with E-state index in [9.17, 15) is 34.2 Å². The fourth-order valence-electron chi connectivity index (χ4n) is 6.23. The van der Waals surface area contributed by atoms with E-state index in [0.29, 0.717) is 25.3 Å². The van der Waals surface area contributed by atoms with Crippen LogP contribution in [0, 0.1) is 23.7 Å². The molecule has 194 valence electrons. The third-order valence-electron chi connectivity index (χ3n) is 7.84. The van der Waals surface area contributed by atoms with Gasteiger partial charge in [0.15, 0.2) is 34.7 Å². The van der Waals surface area contributed by atoms with Gasteiger partial charge >= 0.3 is 0 Å². The van der Waals surface area contributed by atoms with E-state index in [-0.39, 0.29) is 24.2 Å². The molecule has 0 aliphatic heterocycles. The fourth-order valence-corrected chi connectivity index (χ4v) is 6.23. The normalized spacial score (nSPS) is 31.8. The van der Waals surface area contributed by atoms with E-state index in [1.54, 1.807) is 27.3 Å². The second-order valence-corrected chi connectivity index (χ2v) is 10.1. The number of ether oxygens (including phenoxy) is 1. The number of primary amides is 1. The number of hydrogen-bond acceptors (Lipinski definition) is 10. The lowest BCUT2D eigenvalue weighted by atomic mass is 9.52. The van der Waals surface area contributed by atoms with Crippen LogP contribution in [0.1, 0.15) is 27.9 Å². The quantitative estimate of drug-likeness (QED) is 0.257. The molecule has 4 rings (SSSR count). The first-order valence-electron chi connectivity index (χ1n) is 11.8. The van der Waals surface area contributed by atoms with Crippen molar-refractivity contribution < 1.29 is 38.9 Å². The molecule has 1 aromatic carbocycles. The molecule has 11 nitrogen and oxygen atoms in total. The van der Waals surface area contributed by atoms with Gasteiger partial charge in [-0.2, -0.15) is 0 Å². The topological polar surface area (TPSA) is 176 Å². The molecule has 0 bridgehead atoms. The number of rotatable bonds is 7. The molecule has 1 amide bonds. The van der Waals surface area contributed by atoms with Gasteiger partial charge in [-0.25, -0.2) is 0 Å². The summed E-state index contributed by atoms with van der Waals surface area (Å²) in [6.07, 6.45) is 0.262. The summed E-state index contributed by atoms with van der Waals surface area (Å²) >= 11 is 0. The number of methoxy groups -OCH3 is 1. The Morgan fingerprint density at radius 1 is 1.22 bits per heavy atom. The van der Waals surface area contributed by atoms with Gasteiger partial charge in [-0.3, -0.25) is 28.9 Å². The number of hydrogen-bond donors (Lipinski definition) is 4. The van der Waals surface area contributed by atoms with Crippen molar-refractivity contribution >= 4 is 29.0 Å². The second kappa shape index (κ2) is 9.47. The number of benzene rings is 1. The molecule has 0 radical (unpaired) electrons. The third-order valence-corrected chi connectivity index (χ3v) is 7.84. The standard InChI is InChI=1S/C25H31N3O8/c1-28(2)19-14-9-12-8-13-11(10-27-6-7-36-3)4-5-15(29)17(13)20(30)16(12)22(32)25(14,35)23(33)18(21(19)31)24(26)34/h4-5,12,14,16,18-19,27,29,35H,6-10H2,1-3H3,(H2,26,34)/t12-,14-,16?,18?,19-,25-/m0/s1. The van der Waals surface area contributed by atoms with Crippen molar-refractivity contribution in [3.8, 4) is 5.75 Å². The first kappa shape index (κ1) is 26.1. The lowest BCUT2D eigenvalue weighted by Gasteiger charge is -2.52. The molecule has 2 unspecified atom stereocenters. The molecule has 0 aromatic heterocycles. The first-order chi connectivity index (χ1) is 17.0. The van der Waals surface area contributed by atoms with Gasteiger partial charge in [0.25, 0.3) is 0 Å².